The van der Waals surface area contributed by atoms with Crippen molar-refractivity contribution < 1.29 is 13.9 Å². The highest BCUT2D eigenvalue weighted by molar-refractivity contribution is 7.09. The van der Waals surface area contributed by atoms with Crippen LogP contribution in [0.4, 0.5) is 4.39 Å². The van der Waals surface area contributed by atoms with Gasteiger partial charge in [0.1, 0.15) is 5.82 Å². The molecule has 5 heteroatoms. The SMILES string of the molecule is COc1cc(-c2cccc(C=O)c2F)sn1. The minimum atomic E-state index is -0.524. The Kier molecular flexibility index (Phi) is 2.96. The molecule has 0 saturated carbocycles. The summed E-state index contributed by atoms with van der Waals surface area (Å²) in [5, 5.41) is 0. The van der Waals surface area contributed by atoms with Gasteiger partial charge in [-0.1, -0.05) is 12.1 Å². The van der Waals surface area contributed by atoms with Gasteiger partial charge in [0.25, 0.3) is 0 Å². The molecule has 2 aromatic rings. The van der Waals surface area contributed by atoms with Crippen LogP contribution in [-0.4, -0.2) is 17.8 Å². The molecule has 0 aliphatic carbocycles. The molecule has 0 N–H and O–H groups in total. The van der Waals surface area contributed by atoms with E-state index in [2.05, 4.69) is 4.37 Å². The van der Waals surface area contributed by atoms with Crippen LogP contribution in [0.2, 0.25) is 0 Å². The summed E-state index contributed by atoms with van der Waals surface area (Å²) in [7, 11) is 1.50. The molecule has 1 aromatic carbocycles. The number of methoxy groups -OCH3 is 1. The second kappa shape index (κ2) is 4.40. The molecule has 0 aliphatic heterocycles. The summed E-state index contributed by atoms with van der Waals surface area (Å²) >= 11 is 1.13. The molecule has 0 spiro atoms. The van der Waals surface area contributed by atoms with E-state index in [1.54, 1.807) is 18.2 Å². The number of hydrogen-bond donors (Lipinski definition) is 0. The fourth-order valence-corrected chi connectivity index (χ4v) is 2.04. The average molecular weight is 237 g/mol. The maximum atomic E-state index is 13.8. The minimum absolute atomic E-state index is 0.0462. The van der Waals surface area contributed by atoms with Crippen molar-refractivity contribution in [1.82, 2.24) is 4.37 Å². The first kappa shape index (κ1) is 10.8. The lowest BCUT2D eigenvalue weighted by atomic mass is 10.1. The number of carbonyl (C=O) groups is 1. The van der Waals surface area contributed by atoms with Crippen molar-refractivity contribution in [3.05, 3.63) is 35.6 Å². The van der Waals surface area contributed by atoms with Gasteiger partial charge in [0.15, 0.2) is 6.29 Å². The molecule has 0 unspecified atom stereocenters. The summed E-state index contributed by atoms with van der Waals surface area (Å²) in [6.07, 6.45) is 0.497. The molecule has 16 heavy (non-hydrogen) atoms. The van der Waals surface area contributed by atoms with Gasteiger partial charge in [-0.3, -0.25) is 4.79 Å². The first-order valence-corrected chi connectivity index (χ1v) is 5.28. The van der Waals surface area contributed by atoms with Crippen molar-refractivity contribution in [1.29, 1.82) is 0 Å². The standard InChI is InChI=1S/C11H8FNO2S/c1-15-10-5-9(16-13-10)8-4-2-3-7(6-14)11(8)12/h2-6H,1H3. The lowest BCUT2D eigenvalue weighted by Crippen LogP contribution is -1.89. The fraction of sp³-hybridized carbons (Fsp3) is 0.0909. The van der Waals surface area contributed by atoms with E-state index >= 15 is 0 Å². The molecule has 0 bridgehead atoms. The highest BCUT2D eigenvalue weighted by Gasteiger charge is 2.12. The van der Waals surface area contributed by atoms with E-state index in [0.717, 1.165) is 11.5 Å². The van der Waals surface area contributed by atoms with Gasteiger partial charge in [0.2, 0.25) is 5.88 Å². The van der Waals surface area contributed by atoms with Crippen LogP contribution in [0.25, 0.3) is 10.4 Å². The summed E-state index contributed by atoms with van der Waals surface area (Å²) in [6, 6.07) is 6.31. The number of hydrogen-bond acceptors (Lipinski definition) is 4. The molecule has 3 nitrogen and oxygen atoms in total. The Morgan fingerprint density at radius 2 is 2.31 bits per heavy atom. The number of nitrogens with zero attached hydrogens (tertiary/aromatic N) is 1. The van der Waals surface area contributed by atoms with Crippen LogP contribution in [0.3, 0.4) is 0 Å². The van der Waals surface area contributed by atoms with E-state index < -0.39 is 5.82 Å². The van der Waals surface area contributed by atoms with Crippen LogP contribution >= 0.6 is 11.5 Å². The predicted octanol–water partition coefficient (Wildman–Crippen LogP) is 2.77. The van der Waals surface area contributed by atoms with Crippen LogP contribution < -0.4 is 4.74 Å². The Hall–Kier alpha value is -1.75. The van der Waals surface area contributed by atoms with Gasteiger partial charge in [-0.25, -0.2) is 4.39 Å². The van der Waals surface area contributed by atoms with Crippen molar-refractivity contribution in [2.24, 2.45) is 0 Å². The molecule has 0 aliphatic rings. The van der Waals surface area contributed by atoms with Crippen molar-refractivity contribution in [2.75, 3.05) is 7.11 Å². The second-order valence-corrected chi connectivity index (χ2v) is 3.87. The Morgan fingerprint density at radius 1 is 1.50 bits per heavy atom. The van der Waals surface area contributed by atoms with Crippen LogP contribution in [0.5, 0.6) is 5.88 Å². The fourth-order valence-electron chi connectivity index (χ4n) is 1.31. The highest BCUT2D eigenvalue weighted by Crippen LogP contribution is 2.30. The zero-order chi connectivity index (χ0) is 11.5. The topological polar surface area (TPSA) is 39.2 Å². The summed E-state index contributed by atoms with van der Waals surface area (Å²) in [5.41, 5.74) is 0.412. The molecule has 0 amide bonds. The Labute approximate surface area is 95.7 Å². The molecule has 0 atom stereocenters. The van der Waals surface area contributed by atoms with Crippen molar-refractivity contribution in [3.63, 3.8) is 0 Å². The van der Waals surface area contributed by atoms with Gasteiger partial charge in [0.05, 0.1) is 17.6 Å². The Morgan fingerprint density at radius 3 is 2.94 bits per heavy atom. The van der Waals surface area contributed by atoms with Gasteiger partial charge in [-0.05, 0) is 17.6 Å². The number of aldehydes is 1. The molecular formula is C11H8FNO2S. The average Bonchev–Trinajstić information content (AvgIpc) is 2.78. The van der Waals surface area contributed by atoms with Gasteiger partial charge in [0, 0.05) is 11.6 Å². The van der Waals surface area contributed by atoms with Crippen LogP contribution in [-0.2, 0) is 0 Å². The smallest absolute Gasteiger partial charge is 0.225 e. The third-order valence-corrected chi connectivity index (χ3v) is 2.92. The van der Waals surface area contributed by atoms with Crippen molar-refractivity contribution in [3.8, 4) is 16.3 Å². The maximum Gasteiger partial charge on any atom is 0.225 e. The number of aromatic nitrogens is 1. The normalized spacial score (nSPS) is 10.1. The summed E-state index contributed by atoms with van der Waals surface area (Å²) in [6.45, 7) is 0. The first-order valence-electron chi connectivity index (χ1n) is 4.51. The van der Waals surface area contributed by atoms with E-state index in [1.165, 1.54) is 13.2 Å². The van der Waals surface area contributed by atoms with E-state index in [4.69, 9.17) is 4.74 Å². The second-order valence-electron chi connectivity index (χ2n) is 3.06. The number of ether oxygens (including phenoxy) is 1. The molecule has 82 valence electrons. The largest absolute Gasteiger partial charge is 0.480 e. The number of halogens is 1. The predicted molar refractivity (Wildman–Crippen MR) is 59.4 cm³/mol. The molecule has 0 radical (unpaired) electrons. The van der Waals surface area contributed by atoms with Crippen LogP contribution in [0.1, 0.15) is 10.4 Å². The van der Waals surface area contributed by atoms with Gasteiger partial charge < -0.3 is 4.74 Å². The Bertz CT molecular complexity index is 524. The molecular weight excluding hydrogens is 229 g/mol. The monoisotopic (exact) mass is 237 g/mol. The maximum absolute atomic E-state index is 13.8. The quantitative estimate of drug-likeness (QED) is 0.770. The molecule has 1 heterocycles. The number of benzene rings is 1. The number of carbonyl (C=O) groups excluding carboxylic acids is 1. The first-order chi connectivity index (χ1) is 7.76. The van der Waals surface area contributed by atoms with Gasteiger partial charge in [-0.2, -0.15) is 4.37 Å². The third-order valence-electron chi connectivity index (χ3n) is 2.12. The zero-order valence-corrected chi connectivity index (χ0v) is 9.25. The minimum Gasteiger partial charge on any atom is -0.480 e. The van der Waals surface area contributed by atoms with Crippen molar-refractivity contribution >= 4 is 17.8 Å². The lowest BCUT2D eigenvalue weighted by molar-refractivity contribution is 0.112. The molecule has 1 aromatic heterocycles. The van der Waals surface area contributed by atoms with E-state index in [0.29, 0.717) is 22.6 Å². The van der Waals surface area contributed by atoms with E-state index in [9.17, 15) is 9.18 Å². The van der Waals surface area contributed by atoms with Crippen LogP contribution in [0, 0.1) is 5.82 Å². The van der Waals surface area contributed by atoms with E-state index in [1.807, 2.05) is 0 Å². The van der Waals surface area contributed by atoms with Crippen LogP contribution in [0.15, 0.2) is 24.3 Å². The molecule has 0 saturated heterocycles. The summed E-state index contributed by atoms with van der Waals surface area (Å²) in [5.74, 6) is -0.0836. The lowest BCUT2D eigenvalue weighted by Gasteiger charge is -2.00. The van der Waals surface area contributed by atoms with E-state index in [-0.39, 0.29) is 5.56 Å². The zero-order valence-electron chi connectivity index (χ0n) is 8.44. The molecule has 2 rings (SSSR count). The number of rotatable bonds is 3. The highest BCUT2D eigenvalue weighted by atomic mass is 32.1. The Balaban J connectivity index is 2.51. The summed E-state index contributed by atoms with van der Waals surface area (Å²) < 4.78 is 22.7. The van der Waals surface area contributed by atoms with Gasteiger partial charge in [-0.15, -0.1) is 0 Å². The third kappa shape index (κ3) is 1.81. The summed E-state index contributed by atoms with van der Waals surface area (Å²) in [4.78, 5) is 11.2. The van der Waals surface area contributed by atoms with Crippen molar-refractivity contribution in [2.45, 2.75) is 0 Å². The van der Waals surface area contributed by atoms with Gasteiger partial charge >= 0.3 is 0 Å². The molecule has 0 fully saturated rings.